The van der Waals surface area contributed by atoms with E-state index in [1.165, 1.54) is 11.8 Å². The molecule has 0 fully saturated rings. The molecule has 2 heterocycles. The van der Waals surface area contributed by atoms with Crippen molar-refractivity contribution in [1.29, 1.82) is 0 Å². The summed E-state index contributed by atoms with van der Waals surface area (Å²) in [5.74, 6) is 0.480. The summed E-state index contributed by atoms with van der Waals surface area (Å²) in [6.45, 7) is 3.79. The second kappa shape index (κ2) is 9.70. The summed E-state index contributed by atoms with van der Waals surface area (Å²) in [4.78, 5) is 29.9. The number of rotatable bonds is 7. The number of amides is 2. The highest BCUT2D eigenvalue weighted by Crippen LogP contribution is 2.29. The number of hydrogen-bond donors (Lipinski definition) is 2. The molecule has 6 nitrogen and oxygen atoms in total. The van der Waals surface area contributed by atoms with E-state index in [9.17, 15) is 9.59 Å². The lowest BCUT2D eigenvalue weighted by Gasteiger charge is -2.13. The van der Waals surface area contributed by atoms with Gasteiger partial charge in [-0.2, -0.15) is 0 Å². The molecule has 0 saturated carbocycles. The Morgan fingerprint density at radius 1 is 0.969 bits per heavy atom. The van der Waals surface area contributed by atoms with Crippen LogP contribution in [-0.2, 0) is 9.59 Å². The molecule has 0 aliphatic carbocycles. The molecular weight excluding hydrogens is 420 g/mol. The summed E-state index contributed by atoms with van der Waals surface area (Å²) >= 11 is 1.29. The molecule has 0 aliphatic heterocycles. The average Bonchev–Trinajstić information content (AvgIpc) is 3.18. The van der Waals surface area contributed by atoms with E-state index in [0.717, 1.165) is 22.5 Å². The van der Waals surface area contributed by atoms with Gasteiger partial charge in [0.25, 0.3) is 0 Å². The van der Waals surface area contributed by atoms with Crippen molar-refractivity contribution in [2.24, 2.45) is 0 Å². The summed E-state index contributed by atoms with van der Waals surface area (Å²) in [6.07, 6.45) is 1.87. The Labute approximate surface area is 191 Å². The Hall–Kier alpha value is -3.58. The normalized spacial score (nSPS) is 11.8. The summed E-state index contributed by atoms with van der Waals surface area (Å²) in [5, 5.41) is 5.46. The van der Waals surface area contributed by atoms with Gasteiger partial charge in [0.1, 0.15) is 17.2 Å². The molecule has 4 aromatic rings. The number of nitrogens with zero attached hydrogens (tertiary/aromatic N) is 2. The molecule has 0 aliphatic rings. The van der Waals surface area contributed by atoms with E-state index < -0.39 is 5.25 Å². The Bertz CT molecular complexity index is 1240. The summed E-state index contributed by atoms with van der Waals surface area (Å²) in [7, 11) is 0. The van der Waals surface area contributed by atoms with Crippen molar-refractivity contribution >= 4 is 40.7 Å². The summed E-state index contributed by atoms with van der Waals surface area (Å²) in [5.41, 5.74) is 4.25. The average molecular weight is 445 g/mol. The maximum absolute atomic E-state index is 12.9. The number of thioether (sulfide) groups is 1. The van der Waals surface area contributed by atoms with Crippen LogP contribution >= 0.6 is 11.8 Å². The fourth-order valence-corrected chi connectivity index (χ4v) is 3.93. The van der Waals surface area contributed by atoms with Crippen molar-refractivity contribution in [1.82, 2.24) is 9.38 Å². The number of nitrogens with one attached hydrogen (secondary N) is 2. The molecule has 0 saturated heterocycles. The van der Waals surface area contributed by atoms with Crippen LogP contribution in [0.5, 0.6) is 0 Å². The molecule has 162 valence electrons. The predicted octanol–water partition coefficient (Wildman–Crippen LogP) is 5.01. The highest BCUT2D eigenvalue weighted by Gasteiger charge is 2.20. The maximum Gasteiger partial charge on any atom is 0.238 e. The molecule has 7 heteroatoms. The first-order valence-corrected chi connectivity index (χ1v) is 11.4. The second-order valence-electron chi connectivity index (χ2n) is 7.46. The first kappa shape index (κ1) is 21.6. The van der Waals surface area contributed by atoms with E-state index in [-0.39, 0.29) is 17.6 Å². The fourth-order valence-electron chi connectivity index (χ4n) is 3.24. The molecular formula is C25H24N4O2S. The minimum absolute atomic E-state index is 0.140. The van der Waals surface area contributed by atoms with Gasteiger partial charge in [-0.25, -0.2) is 4.98 Å². The number of imidazole rings is 1. The zero-order chi connectivity index (χ0) is 22.5. The van der Waals surface area contributed by atoms with Crippen molar-refractivity contribution in [2.75, 3.05) is 16.4 Å². The van der Waals surface area contributed by atoms with Gasteiger partial charge in [0.05, 0.1) is 11.0 Å². The number of anilines is 2. The topological polar surface area (TPSA) is 75.5 Å². The second-order valence-corrected chi connectivity index (χ2v) is 8.79. The number of aryl methyl sites for hydroxylation is 1. The van der Waals surface area contributed by atoms with E-state index in [1.807, 2.05) is 90.3 Å². The zero-order valence-corrected chi connectivity index (χ0v) is 18.7. The molecule has 32 heavy (non-hydrogen) atoms. The van der Waals surface area contributed by atoms with Crippen LogP contribution in [0.4, 0.5) is 11.5 Å². The standard InChI is InChI=1S/C25H24N4O2S/c1-17-11-13-20(14-12-17)26-22(30)16-32-18(2)25(31)28-24-23(19-8-4-3-5-9-19)27-21-10-6-7-15-29(21)24/h3-15,18H,16H2,1-2H3,(H,26,30)(H,28,31). The Balaban J connectivity index is 1.44. The molecule has 1 unspecified atom stereocenters. The molecule has 2 aromatic heterocycles. The van der Waals surface area contributed by atoms with Crippen LogP contribution in [0.1, 0.15) is 12.5 Å². The van der Waals surface area contributed by atoms with Crippen molar-refractivity contribution in [2.45, 2.75) is 19.1 Å². The number of fused-ring (bicyclic) bond motifs is 1. The third-order valence-electron chi connectivity index (χ3n) is 4.99. The lowest BCUT2D eigenvalue weighted by molar-refractivity contribution is -0.115. The smallest absolute Gasteiger partial charge is 0.238 e. The lowest BCUT2D eigenvalue weighted by Crippen LogP contribution is -2.25. The van der Waals surface area contributed by atoms with Crippen molar-refractivity contribution in [3.8, 4) is 11.3 Å². The molecule has 2 aromatic carbocycles. The van der Waals surface area contributed by atoms with Gasteiger partial charge in [-0.05, 0) is 38.1 Å². The first-order chi connectivity index (χ1) is 15.5. The third kappa shape index (κ3) is 5.00. The maximum atomic E-state index is 12.9. The lowest BCUT2D eigenvalue weighted by atomic mass is 10.1. The quantitative estimate of drug-likeness (QED) is 0.420. The van der Waals surface area contributed by atoms with Crippen LogP contribution in [0.2, 0.25) is 0 Å². The van der Waals surface area contributed by atoms with Crippen LogP contribution in [0.25, 0.3) is 16.9 Å². The molecule has 4 rings (SSSR count). The van der Waals surface area contributed by atoms with Crippen molar-refractivity contribution in [3.05, 3.63) is 84.6 Å². The summed E-state index contributed by atoms with van der Waals surface area (Å²) < 4.78 is 1.86. The SMILES string of the molecule is Cc1ccc(NC(=O)CSC(C)C(=O)Nc2c(-c3ccccc3)nc3ccccn23)cc1. The molecule has 0 radical (unpaired) electrons. The highest BCUT2D eigenvalue weighted by atomic mass is 32.2. The van der Waals surface area contributed by atoms with Gasteiger partial charge < -0.3 is 10.6 Å². The van der Waals surface area contributed by atoms with Gasteiger partial charge >= 0.3 is 0 Å². The number of aromatic nitrogens is 2. The number of benzene rings is 2. The number of carbonyl (C=O) groups excluding carboxylic acids is 2. The third-order valence-corrected chi connectivity index (χ3v) is 6.13. The molecule has 2 amide bonds. The largest absolute Gasteiger partial charge is 0.325 e. The van der Waals surface area contributed by atoms with E-state index in [4.69, 9.17) is 4.98 Å². The number of hydrogen-bond acceptors (Lipinski definition) is 4. The van der Waals surface area contributed by atoms with Crippen LogP contribution in [0.3, 0.4) is 0 Å². The fraction of sp³-hybridized carbons (Fsp3) is 0.160. The van der Waals surface area contributed by atoms with E-state index >= 15 is 0 Å². The predicted molar refractivity (Wildman–Crippen MR) is 131 cm³/mol. The monoisotopic (exact) mass is 444 g/mol. The first-order valence-electron chi connectivity index (χ1n) is 10.3. The van der Waals surface area contributed by atoms with Gasteiger partial charge in [0.15, 0.2) is 0 Å². The highest BCUT2D eigenvalue weighted by molar-refractivity contribution is 8.01. The minimum atomic E-state index is -0.420. The number of carbonyl (C=O) groups is 2. The zero-order valence-electron chi connectivity index (χ0n) is 17.9. The summed E-state index contributed by atoms with van der Waals surface area (Å²) in [6, 6.07) is 23.1. The molecule has 1 atom stereocenters. The Morgan fingerprint density at radius 2 is 1.69 bits per heavy atom. The van der Waals surface area contributed by atoms with Crippen LogP contribution in [0, 0.1) is 6.92 Å². The van der Waals surface area contributed by atoms with E-state index in [0.29, 0.717) is 11.5 Å². The van der Waals surface area contributed by atoms with Gasteiger partial charge in [0.2, 0.25) is 11.8 Å². The van der Waals surface area contributed by atoms with Crippen molar-refractivity contribution < 1.29 is 9.59 Å². The van der Waals surface area contributed by atoms with Gasteiger partial charge in [-0.1, -0.05) is 54.1 Å². The van der Waals surface area contributed by atoms with Gasteiger partial charge in [-0.15, -0.1) is 11.8 Å². The van der Waals surface area contributed by atoms with Crippen LogP contribution in [-0.4, -0.2) is 32.2 Å². The molecule has 0 spiro atoms. The Kier molecular flexibility index (Phi) is 6.56. The van der Waals surface area contributed by atoms with E-state index in [1.54, 1.807) is 6.92 Å². The van der Waals surface area contributed by atoms with E-state index in [2.05, 4.69) is 10.6 Å². The van der Waals surface area contributed by atoms with Crippen LogP contribution < -0.4 is 10.6 Å². The number of pyridine rings is 1. The minimum Gasteiger partial charge on any atom is -0.325 e. The van der Waals surface area contributed by atoms with Gasteiger partial charge in [-0.3, -0.25) is 14.0 Å². The Morgan fingerprint density at radius 3 is 2.44 bits per heavy atom. The van der Waals surface area contributed by atoms with Crippen molar-refractivity contribution in [3.63, 3.8) is 0 Å². The van der Waals surface area contributed by atoms with Crippen LogP contribution in [0.15, 0.2) is 79.0 Å². The molecule has 0 bridgehead atoms. The van der Waals surface area contributed by atoms with Gasteiger partial charge in [0, 0.05) is 17.4 Å². The molecule has 2 N–H and O–H groups in total.